The zero-order chi connectivity index (χ0) is 16.5. The number of rotatable bonds is 5. The summed E-state index contributed by atoms with van der Waals surface area (Å²) in [6, 6.07) is 9.40. The van der Waals surface area contributed by atoms with Crippen LogP contribution >= 0.6 is 11.3 Å². The number of amides is 1. The third-order valence-electron chi connectivity index (χ3n) is 4.77. The van der Waals surface area contributed by atoms with Gasteiger partial charge in [-0.3, -0.25) is 4.79 Å². The summed E-state index contributed by atoms with van der Waals surface area (Å²) in [5.41, 5.74) is 0.670. The molecule has 3 atom stereocenters. The van der Waals surface area contributed by atoms with Crippen molar-refractivity contribution in [3.8, 4) is 16.6 Å². The molecule has 4 rings (SSSR count). The number of piperidine rings is 1. The quantitative estimate of drug-likeness (QED) is 0.906. The lowest BCUT2D eigenvalue weighted by atomic mass is 9.99. The Kier molecular flexibility index (Phi) is 4.16. The van der Waals surface area contributed by atoms with E-state index in [4.69, 9.17) is 9.47 Å². The first-order chi connectivity index (χ1) is 11.7. The van der Waals surface area contributed by atoms with Crippen LogP contribution in [-0.4, -0.2) is 43.6 Å². The summed E-state index contributed by atoms with van der Waals surface area (Å²) in [5.74, 6) is 2.11. The van der Waals surface area contributed by atoms with E-state index in [2.05, 4.69) is 10.2 Å². The fourth-order valence-corrected chi connectivity index (χ4v) is 4.18. The van der Waals surface area contributed by atoms with E-state index in [0.29, 0.717) is 23.3 Å². The van der Waals surface area contributed by atoms with Crippen molar-refractivity contribution in [2.75, 3.05) is 26.7 Å². The van der Waals surface area contributed by atoms with Gasteiger partial charge in [0.2, 0.25) is 0 Å². The molecule has 24 heavy (non-hydrogen) atoms. The van der Waals surface area contributed by atoms with Crippen LogP contribution in [0.1, 0.15) is 16.8 Å². The van der Waals surface area contributed by atoms with Crippen molar-refractivity contribution in [1.29, 1.82) is 0 Å². The molecular weight excluding hydrogens is 324 g/mol. The summed E-state index contributed by atoms with van der Waals surface area (Å²) in [6.45, 7) is 3.29. The Morgan fingerprint density at radius 1 is 1.25 bits per heavy atom. The number of methoxy groups -OCH3 is 1. The van der Waals surface area contributed by atoms with E-state index in [1.54, 1.807) is 7.11 Å². The number of carbonyl (C=O) groups excluding carboxylic acids is 1. The van der Waals surface area contributed by atoms with E-state index >= 15 is 0 Å². The second-order valence-corrected chi connectivity index (χ2v) is 7.19. The van der Waals surface area contributed by atoms with Crippen LogP contribution in [0.3, 0.4) is 0 Å². The summed E-state index contributed by atoms with van der Waals surface area (Å²) in [6.07, 6.45) is 1.20. The minimum Gasteiger partial charge on any atom is -0.496 e. The van der Waals surface area contributed by atoms with Crippen LogP contribution in [0.4, 0.5) is 0 Å². The van der Waals surface area contributed by atoms with Crippen LogP contribution in [0.25, 0.3) is 0 Å². The van der Waals surface area contributed by atoms with Gasteiger partial charge in [0.25, 0.3) is 5.91 Å². The second-order valence-electron chi connectivity index (χ2n) is 6.32. The maximum atomic E-state index is 12.4. The lowest BCUT2D eigenvalue weighted by Gasteiger charge is -2.23. The molecule has 2 bridgehead atoms. The number of ether oxygens (including phenoxy) is 2. The number of nitrogens with zero attached hydrogens (tertiary/aromatic N) is 1. The number of nitrogens with one attached hydrogen (secondary N) is 1. The van der Waals surface area contributed by atoms with Gasteiger partial charge in [0.05, 0.1) is 7.11 Å². The molecule has 1 N–H and O–H groups in total. The van der Waals surface area contributed by atoms with Crippen LogP contribution in [0.2, 0.25) is 0 Å². The highest BCUT2D eigenvalue weighted by molar-refractivity contribution is 7.12. The van der Waals surface area contributed by atoms with Gasteiger partial charge in [0.15, 0.2) is 5.06 Å². The summed E-state index contributed by atoms with van der Waals surface area (Å²) >= 11 is 1.48. The fraction of sp³-hybridized carbons (Fsp3) is 0.389. The van der Waals surface area contributed by atoms with Crippen LogP contribution in [0, 0.1) is 5.92 Å². The molecule has 2 aliphatic heterocycles. The molecule has 2 aliphatic rings. The highest BCUT2D eigenvalue weighted by atomic mass is 32.1. The molecular formula is C18H20N2O3S. The monoisotopic (exact) mass is 344 g/mol. The summed E-state index contributed by atoms with van der Waals surface area (Å²) in [5, 5.41) is 5.83. The average Bonchev–Trinajstić information content (AvgIpc) is 3.32. The number of thiophene rings is 1. The molecule has 5 nitrogen and oxygen atoms in total. The first kappa shape index (κ1) is 15.5. The van der Waals surface area contributed by atoms with E-state index in [1.165, 1.54) is 24.3 Å². The topological polar surface area (TPSA) is 50.8 Å². The van der Waals surface area contributed by atoms with Gasteiger partial charge in [-0.1, -0.05) is 0 Å². The second kappa shape index (κ2) is 6.45. The molecule has 0 aliphatic carbocycles. The Hall–Kier alpha value is -2.05. The number of hydrogen-bond acceptors (Lipinski definition) is 5. The lowest BCUT2D eigenvalue weighted by Crippen LogP contribution is -2.43. The van der Waals surface area contributed by atoms with Crippen LogP contribution in [0.15, 0.2) is 35.7 Å². The van der Waals surface area contributed by atoms with Crippen LogP contribution in [-0.2, 0) is 0 Å². The third-order valence-corrected chi connectivity index (χ3v) is 5.55. The largest absolute Gasteiger partial charge is 0.496 e. The molecule has 3 unspecified atom stereocenters. The number of fused-ring (bicyclic) bond motifs is 2. The Balaban J connectivity index is 1.37. The maximum Gasteiger partial charge on any atom is 0.251 e. The average molecular weight is 344 g/mol. The molecule has 3 heterocycles. The fourth-order valence-electron chi connectivity index (χ4n) is 3.45. The van der Waals surface area contributed by atoms with Crippen molar-refractivity contribution < 1.29 is 14.3 Å². The first-order valence-electron chi connectivity index (χ1n) is 8.15. The molecule has 0 spiro atoms. The van der Waals surface area contributed by atoms with Crippen molar-refractivity contribution >= 4 is 17.2 Å². The van der Waals surface area contributed by atoms with Gasteiger partial charge in [0.1, 0.15) is 11.5 Å². The van der Waals surface area contributed by atoms with Gasteiger partial charge in [-0.05, 0) is 43.1 Å². The van der Waals surface area contributed by atoms with Crippen molar-refractivity contribution in [2.45, 2.75) is 12.5 Å². The van der Waals surface area contributed by atoms with Gasteiger partial charge in [-0.25, -0.2) is 0 Å². The standard InChI is InChI=1S/C18H20N2O3S/c1-22-15-8-17(24-11-15)23-14-4-2-12(3-5-14)18(21)19-16-10-20-7-6-13(16)9-20/h2-5,8,11,13,16H,6-7,9-10H2,1H3,(H,19,21). The molecule has 1 aromatic heterocycles. The molecule has 6 heteroatoms. The molecule has 2 saturated heterocycles. The highest BCUT2D eigenvalue weighted by Crippen LogP contribution is 2.32. The highest BCUT2D eigenvalue weighted by Gasteiger charge is 2.38. The predicted octanol–water partition coefficient (Wildman–Crippen LogP) is 2.98. The SMILES string of the molecule is COc1csc(Oc2ccc(C(=O)NC3CN4CCC3C4)cc2)c1. The first-order valence-corrected chi connectivity index (χ1v) is 9.03. The van der Waals surface area contributed by atoms with Crippen molar-refractivity contribution in [2.24, 2.45) is 5.92 Å². The Morgan fingerprint density at radius 2 is 2.08 bits per heavy atom. The minimum atomic E-state index is -0.00177. The minimum absolute atomic E-state index is 0.00177. The smallest absolute Gasteiger partial charge is 0.251 e. The van der Waals surface area contributed by atoms with Gasteiger partial charge < -0.3 is 19.7 Å². The normalized spacial score (nSPS) is 24.8. The van der Waals surface area contributed by atoms with Crippen molar-refractivity contribution in [3.63, 3.8) is 0 Å². The van der Waals surface area contributed by atoms with E-state index in [-0.39, 0.29) is 5.91 Å². The van der Waals surface area contributed by atoms with Gasteiger partial charge in [-0.2, -0.15) is 0 Å². The molecule has 1 aromatic carbocycles. The van der Waals surface area contributed by atoms with Gasteiger partial charge in [-0.15, -0.1) is 11.3 Å². The van der Waals surface area contributed by atoms with E-state index < -0.39 is 0 Å². The predicted molar refractivity (Wildman–Crippen MR) is 93.2 cm³/mol. The maximum absolute atomic E-state index is 12.4. The number of benzene rings is 1. The van der Waals surface area contributed by atoms with E-state index in [0.717, 1.165) is 23.9 Å². The summed E-state index contributed by atoms with van der Waals surface area (Å²) < 4.78 is 10.9. The Morgan fingerprint density at radius 3 is 2.71 bits per heavy atom. The van der Waals surface area contributed by atoms with Crippen molar-refractivity contribution in [1.82, 2.24) is 10.2 Å². The van der Waals surface area contributed by atoms with Gasteiger partial charge in [0, 0.05) is 36.1 Å². The number of carbonyl (C=O) groups is 1. The molecule has 0 saturated carbocycles. The molecule has 126 valence electrons. The summed E-state index contributed by atoms with van der Waals surface area (Å²) in [7, 11) is 1.63. The van der Waals surface area contributed by atoms with E-state index in [1.807, 2.05) is 35.7 Å². The Bertz CT molecular complexity index is 728. The van der Waals surface area contributed by atoms with Crippen molar-refractivity contribution in [3.05, 3.63) is 41.3 Å². The third kappa shape index (κ3) is 3.12. The van der Waals surface area contributed by atoms with E-state index in [9.17, 15) is 4.79 Å². The zero-order valence-corrected chi connectivity index (χ0v) is 14.3. The molecule has 0 radical (unpaired) electrons. The van der Waals surface area contributed by atoms with Gasteiger partial charge >= 0.3 is 0 Å². The summed E-state index contributed by atoms with van der Waals surface area (Å²) in [4.78, 5) is 14.8. The Labute approximate surface area is 145 Å². The molecule has 2 fully saturated rings. The molecule has 2 aromatic rings. The van der Waals surface area contributed by atoms with Crippen LogP contribution in [0.5, 0.6) is 16.6 Å². The molecule has 1 amide bonds. The lowest BCUT2D eigenvalue weighted by molar-refractivity contribution is 0.0924. The number of hydrogen-bond donors (Lipinski definition) is 1. The zero-order valence-electron chi connectivity index (χ0n) is 13.5. The van der Waals surface area contributed by atoms with Crippen LogP contribution < -0.4 is 14.8 Å².